The Balaban J connectivity index is 1.68. The van der Waals surface area contributed by atoms with Gasteiger partial charge in [0, 0.05) is 10.9 Å². The number of rotatable bonds is 2. The zero-order valence-corrected chi connectivity index (χ0v) is 13.1. The van der Waals surface area contributed by atoms with Gasteiger partial charge in [-0.25, -0.2) is 4.98 Å². The normalized spacial score (nSPS) is 12.0. The Morgan fingerprint density at radius 2 is 1.29 bits per heavy atom. The highest BCUT2D eigenvalue weighted by Gasteiger charge is 2.12. The lowest BCUT2D eigenvalue weighted by Gasteiger charge is -2.08. The Hall–Kier alpha value is -3.19. The highest BCUT2D eigenvalue weighted by molar-refractivity contribution is 6.04. The molecule has 1 aliphatic rings. The fourth-order valence-electron chi connectivity index (χ4n) is 3.43. The molecule has 0 fully saturated rings. The zero-order valence-electron chi connectivity index (χ0n) is 13.1. The molecule has 0 saturated carbocycles. The molecule has 0 atom stereocenters. The lowest BCUT2D eigenvalue weighted by Crippen LogP contribution is -1.89. The Labute approximate surface area is 140 Å². The third kappa shape index (κ3) is 2.06. The van der Waals surface area contributed by atoms with Crippen molar-refractivity contribution >= 4 is 23.1 Å². The van der Waals surface area contributed by atoms with E-state index >= 15 is 0 Å². The number of aromatic nitrogens is 1. The molecule has 1 aliphatic carbocycles. The number of nitrogens with zero attached hydrogens (tertiary/aromatic N) is 1. The van der Waals surface area contributed by atoms with E-state index in [4.69, 9.17) is 4.98 Å². The highest BCUT2D eigenvalue weighted by Crippen LogP contribution is 2.34. The molecule has 112 valence electrons. The second-order valence-corrected chi connectivity index (χ2v) is 6.12. The molecule has 4 aromatic rings. The van der Waals surface area contributed by atoms with Crippen LogP contribution in [0.15, 0.2) is 78.9 Å². The molecule has 24 heavy (non-hydrogen) atoms. The summed E-state index contributed by atoms with van der Waals surface area (Å²) < 4.78 is 0. The van der Waals surface area contributed by atoms with Gasteiger partial charge in [-0.2, -0.15) is 0 Å². The summed E-state index contributed by atoms with van der Waals surface area (Å²) in [4.78, 5) is 4.90. The van der Waals surface area contributed by atoms with E-state index in [9.17, 15) is 0 Å². The van der Waals surface area contributed by atoms with E-state index in [1.165, 1.54) is 27.6 Å². The number of hydrogen-bond acceptors (Lipinski definition) is 1. The SMILES string of the molecule is C1=Cc2cc(-c3cccc(-c4ccccc4)c3)nc3cccc1c23. The minimum absolute atomic E-state index is 1.03. The maximum atomic E-state index is 4.90. The lowest BCUT2D eigenvalue weighted by molar-refractivity contribution is 1.39. The van der Waals surface area contributed by atoms with Gasteiger partial charge in [-0.05, 0) is 40.5 Å². The van der Waals surface area contributed by atoms with E-state index in [0.29, 0.717) is 0 Å². The average Bonchev–Trinajstić information content (AvgIpc) is 3.07. The first-order valence-electron chi connectivity index (χ1n) is 8.16. The molecule has 1 aromatic heterocycles. The maximum Gasteiger partial charge on any atom is 0.0721 e. The Morgan fingerprint density at radius 3 is 2.21 bits per heavy atom. The quantitative estimate of drug-likeness (QED) is 0.387. The van der Waals surface area contributed by atoms with Crippen LogP contribution in [0.4, 0.5) is 0 Å². The fourth-order valence-corrected chi connectivity index (χ4v) is 3.43. The molecule has 0 bridgehead atoms. The van der Waals surface area contributed by atoms with Crippen LogP contribution in [0.2, 0.25) is 0 Å². The van der Waals surface area contributed by atoms with Gasteiger partial charge in [-0.3, -0.25) is 0 Å². The van der Waals surface area contributed by atoms with Crippen molar-refractivity contribution in [1.82, 2.24) is 4.98 Å². The van der Waals surface area contributed by atoms with Crippen LogP contribution < -0.4 is 0 Å². The van der Waals surface area contributed by atoms with Crippen LogP contribution in [0, 0.1) is 0 Å². The summed E-state index contributed by atoms with van der Waals surface area (Å²) in [5, 5.41) is 1.26. The van der Waals surface area contributed by atoms with Crippen LogP contribution in [-0.4, -0.2) is 4.98 Å². The lowest BCUT2D eigenvalue weighted by atomic mass is 10.00. The van der Waals surface area contributed by atoms with Gasteiger partial charge in [0.1, 0.15) is 0 Å². The fraction of sp³-hybridized carbons (Fsp3) is 0. The highest BCUT2D eigenvalue weighted by atomic mass is 14.7. The van der Waals surface area contributed by atoms with Crippen LogP contribution >= 0.6 is 0 Å². The van der Waals surface area contributed by atoms with E-state index in [2.05, 4.69) is 84.9 Å². The van der Waals surface area contributed by atoms with Crippen LogP contribution in [0.25, 0.3) is 45.4 Å². The first-order valence-corrected chi connectivity index (χ1v) is 8.16. The van der Waals surface area contributed by atoms with Gasteiger partial charge < -0.3 is 0 Å². The van der Waals surface area contributed by atoms with Crippen molar-refractivity contribution in [3.63, 3.8) is 0 Å². The standard InChI is InChI=1S/C23H15N/c1-2-6-16(7-3-1)18-9-4-10-19(14-18)22-15-20-13-12-17-8-5-11-21(24-22)23(17)20/h1-15H. The number of pyridine rings is 1. The predicted molar refractivity (Wildman–Crippen MR) is 102 cm³/mol. The van der Waals surface area contributed by atoms with E-state index in [-0.39, 0.29) is 0 Å². The molecule has 5 rings (SSSR count). The van der Waals surface area contributed by atoms with Crippen LogP contribution in [0.1, 0.15) is 11.1 Å². The van der Waals surface area contributed by atoms with Crippen LogP contribution in [0.3, 0.4) is 0 Å². The summed E-state index contributed by atoms with van der Waals surface area (Å²) in [5.74, 6) is 0. The first-order chi connectivity index (χ1) is 11.9. The molecule has 0 radical (unpaired) electrons. The second kappa shape index (κ2) is 5.17. The minimum Gasteiger partial charge on any atom is -0.248 e. The zero-order chi connectivity index (χ0) is 15.9. The molecular weight excluding hydrogens is 290 g/mol. The summed E-state index contributed by atoms with van der Waals surface area (Å²) >= 11 is 0. The summed E-state index contributed by atoms with van der Waals surface area (Å²) in [6.45, 7) is 0. The molecule has 1 heterocycles. The van der Waals surface area contributed by atoms with E-state index in [0.717, 1.165) is 16.8 Å². The van der Waals surface area contributed by atoms with Crippen molar-refractivity contribution in [3.05, 3.63) is 90.0 Å². The van der Waals surface area contributed by atoms with Gasteiger partial charge in [0.25, 0.3) is 0 Å². The van der Waals surface area contributed by atoms with Crippen molar-refractivity contribution in [1.29, 1.82) is 0 Å². The van der Waals surface area contributed by atoms with Gasteiger partial charge in [0.05, 0.1) is 11.2 Å². The van der Waals surface area contributed by atoms with Crippen molar-refractivity contribution in [2.45, 2.75) is 0 Å². The van der Waals surface area contributed by atoms with Crippen molar-refractivity contribution in [2.75, 3.05) is 0 Å². The third-order valence-corrected chi connectivity index (χ3v) is 4.60. The van der Waals surface area contributed by atoms with Crippen molar-refractivity contribution in [2.24, 2.45) is 0 Å². The monoisotopic (exact) mass is 305 g/mol. The third-order valence-electron chi connectivity index (χ3n) is 4.60. The molecule has 0 saturated heterocycles. The molecule has 0 amide bonds. The smallest absolute Gasteiger partial charge is 0.0721 e. The minimum atomic E-state index is 1.03. The Morgan fingerprint density at radius 1 is 0.542 bits per heavy atom. The molecule has 0 unspecified atom stereocenters. The first kappa shape index (κ1) is 13.3. The molecular formula is C23H15N. The van der Waals surface area contributed by atoms with Crippen molar-refractivity contribution < 1.29 is 0 Å². The maximum absolute atomic E-state index is 4.90. The van der Waals surface area contributed by atoms with Gasteiger partial charge in [0.15, 0.2) is 0 Å². The molecule has 3 aromatic carbocycles. The number of hydrogen-bond donors (Lipinski definition) is 0. The Kier molecular flexibility index (Phi) is 2.86. The van der Waals surface area contributed by atoms with E-state index in [1.54, 1.807) is 0 Å². The average molecular weight is 305 g/mol. The number of benzene rings is 3. The van der Waals surface area contributed by atoms with Gasteiger partial charge in [-0.1, -0.05) is 72.8 Å². The van der Waals surface area contributed by atoms with Crippen LogP contribution in [-0.2, 0) is 0 Å². The molecule has 1 nitrogen and oxygen atoms in total. The summed E-state index contributed by atoms with van der Waals surface area (Å²) in [6.07, 6.45) is 4.35. The molecule has 0 aliphatic heterocycles. The largest absolute Gasteiger partial charge is 0.248 e. The van der Waals surface area contributed by atoms with Gasteiger partial charge >= 0.3 is 0 Å². The van der Waals surface area contributed by atoms with Crippen molar-refractivity contribution in [3.8, 4) is 22.4 Å². The van der Waals surface area contributed by atoms with E-state index in [1.807, 2.05) is 6.07 Å². The molecule has 0 N–H and O–H groups in total. The van der Waals surface area contributed by atoms with Gasteiger partial charge in [0.2, 0.25) is 0 Å². The molecule has 0 spiro atoms. The van der Waals surface area contributed by atoms with Gasteiger partial charge in [-0.15, -0.1) is 0 Å². The Bertz CT molecular complexity index is 1090. The molecule has 1 heteroatoms. The van der Waals surface area contributed by atoms with Crippen LogP contribution in [0.5, 0.6) is 0 Å². The predicted octanol–water partition coefficient (Wildman–Crippen LogP) is 6.05. The second-order valence-electron chi connectivity index (χ2n) is 6.12. The van der Waals surface area contributed by atoms with E-state index < -0.39 is 0 Å². The summed E-state index contributed by atoms with van der Waals surface area (Å²) in [6, 6.07) is 27.6. The summed E-state index contributed by atoms with van der Waals surface area (Å²) in [7, 11) is 0. The summed E-state index contributed by atoms with van der Waals surface area (Å²) in [5.41, 5.74) is 8.21. The topological polar surface area (TPSA) is 12.9 Å².